The van der Waals surface area contributed by atoms with E-state index in [4.69, 9.17) is 5.73 Å². The first kappa shape index (κ1) is 11.1. The van der Waals surface area contributed by atoms with Crippen molar-refractivity contribution < 1.29 is 9.90 Å². The summed E-state index contributed by atoms with van der Waals surface area (Å²) in [5, 5.41) is 9.22. The van der Waals surface area contributed by atoms with E-state index in [1.807, 2.05) is 6.92 Å². The number of pyridine rings is 1. The molecule has 4 nitrogen and oxygen atoms in total. The van der Waals surface area contributed by atoms with Gasteiger partial charge in [0.25, 0.3) is 5.91 Å². The van der Waals surface area contributed by atoms with E-state index in [0.29, 0.717) is 11.3 Å². The molecule has 0 aliphatic rings. The van der Waals surface area contributed by atoms with E-state index in [1.54, 1.807) is 36.4 Å². The largest absolute Gasteiger partial charge is 0.508 e. The molecular weight excluding hydrogens is 216 g/mol. The molecule has 4 heteroatoms. The Bertz CT molecular complexity index is 562. The number of phenols is 1. The van der Waals surface area contributed by atoms with Crippen LogP contribution in [0.2, 0.25) is 0 Å². The Morgan fingerprint density at radius 2 is 1.82 bits per heavy atom. The molecule has 1 aromatic heterocycles. The van der Waals surface area contributed by atoms with Gasteiger partial charge < -0.3 is 10.8 Å². The lowest BCUT2D eigenvalue weighted by Crippen LogP contribution is -2.13. The number of rotatable bonds is 2. The molecule has 3 N–H and O–H groups in total. The van der Waals surface area contributed by atoms with Gasteiger partial charge in [-0.1, -0.05) is 0 Å². The SMILES string of the molecule is Cc1ccc(C(N)=O)c(-c2ccc(O)cc2)n1. The maximum absolute atomic E-state index is 11.3. The second-order valence-corrected chi connectivity index (χ2v) is 3.76. The van der Waals surface area contributed by atoms with Crippen LogP contribution >= 0.6 is 0 Å². The van der Waals surface area contributed by atoms with Crippen molar-refractivity contribution >= 4 is 5.91 Å². The van der Waals surface area contributed by atoms with Crippen LogP contribution in [0.4, 0.5) is 0 Å². The van der Waals surface area contributed by atoms with Crippen molar-refractivity contribution in [2.24, 2.45) is 5.73 Å². The topological polar surface area (TPSA) is 76.2 Å². The summed E-state index contributed by atoms with van der Waals surface area (Å²) >= 11 is 0. The van der Waals surface area contributed by atoms with Gasteiger partial charge in [0.05, 0.1) is 11.3 Å². The van der Waals surface area contributed by atoms with Crippen LogP contribution in [-0.4, -0.2) is 16.0 Å². The molecule has 1 heterocycles. The fraction of sp³-hybridized carbons (Fsp3) is 0.0769. The van der Waals surface area contributed by atoms with Crippen molar-refractivity contribution in [2.45, 2.75) is 6.92 Å². The summed E-state index contributed by atoms with van der Waals surface area (Å²) < 4.78 is 0. The first-order chi connectivity index (χ1) is 8.08. The molecule has 0 saturated heterocycles. The number of aromatic nitrogens is 1. The Balaban J connectivity index is 2.60. The number of phenolic OH excluding ortho intramolecular Hbond substituents is 1. The number of amides is 1. The highest BCUT2D eigenvalue weighted by Gasteiger charge is 2.11. The van der Waals surface area contributed by atoms with E-state index in [2.05, 4.69) is 4.98 Å². The number of carbonyl (C=O) groups is 1. The predicted octanol–water partition coefficient (Wildman–Crippen LogP) is 1.86. The molecule has 0 aliphatic heterocycles. The Hall–Kier alpha value is -2.36. The van der Waals surface area contributed by atoms with E-state index in [-0.39, 0.29) is 5.75 Å². The number of carbonyl (C=O) groups excluding carboxylic acids is 1. The van der Waals surface area contributed by atoms with Crippen LogP contribution < -0.4 is 5.73 Å². The predicted molar refractivity (Wildman–Crippen MR) is 64.6 cm³/mol. The molecule has 0 bridgehead atoms. The lowest BCUT2D eigenvalue weighted by atomic mass is 10.0. The van der Waals surface area contributed by atoms with Crippen LogP contribution in [0.5, 0.6) is 5.75 Å². The Morgan fingerprint density at radius 1 is 1.18 bits per heavy atom. The molecule has 2 rings (SSSR count). The zero-order valence-electron chi connectivity index (χ0n) is 9.34. The first-order valence-electron chi connectivity index (χ1n) is 5.15. The molecule has 0 fully saturated rings. The van der Waals surface area contributed by atoms with Gasteiger partial charge in [-0.05, 0) is 43.3 Å². The Labute approximate surface area is 98.7 Å². The molecule has 0 unspecified atom stereocenters. The van der Waals surface area contributed by atoms with Gasteiger partial charge >= 0.3 is 0 Å². The molecule has 0 radical (unpaired) electrons. The molecule has 0 aliphatic carbocycles. The van der Waals surface area contributed by atoms with Crippen LogP contribution in [0.25, 0.3) is 11.3 Å². The normalized spacial score (nSPS) is 10.2. The highest BCUT2D eigenvalue weighted by Crippen LogP contribution is 2.23. The van der Waals surface area contributed by atoms with E-state index >= 15 is 0 Å². The minimum Gasteiger partial charge on any atom is -0.508 e. The Morgan fingerprint density at radius 3 is 2.41 bits per heavy atom. The molecule has 0 atom stereocenters. The van der Waals surface area contributed by atoms with Gasteiger partial charge in [0, 0.05) is 11.3 Å². The molecule has 1 aromatic carbocycles. The maximum Gasteiger partial charge on any atom is 0.250 e. The number of nitrogens with zero attached hydrogens (tertiary/aromatic N) is 1. The first-order valence-corrected chi connectivity index (χ1v) is 5.15. The van der Waals surface area contributed by atoms with Crippen molar-refractivity contribution in [3.8, 4) is 17.0 Å². The van der Waals surface area contributed by atoms with Gasteiger partial charge in [0.15, 0.2) is 0 Å². The van der Waals surface area contributed by atoms with Gasteiger partial charge in [0.2, 0.25) is 0 Å². The highest BCUT2D eigenvalue weighted by molar-refractivity contribution is 5.98. The summed E-state index contributed by atoms with van der Waals surface area (Å²) in [5.41, 5.74) is 7.77. The van der Waals surface area contributed by atoms with Crippen molar-refractivity contribution in [3.05, 3.63) is 47.7 Å². The van der Waals surface area contributed by atoms with Gasteiger partial charge in [0.1, 0.15) is 5.75 Å². The highest BCUT2D eigenvalue weighted by atomic mass is 16.3. The van der Waals surface area contributed by atoms with E-state index in [1.165, 1.54) is 0 Å². The minimum atomic E-state index is -0.513. The molecule has 0 spiro atoms. The number of aromatic hydroxyl groups is 1. The van der Waals surface area contributed by atoms with Gasteiger partial charge in [-0.25, -0.2) is 0 Å². The standard InChI is InChI=1S/C13H12N2O2/c1-8-2-7-11(13(14)17)12(15-8)9-3-5-10(16)6-4-9/h2-7,16H,1H3,(H2,14,17). The minimum absolute atomic E-state index is 0.169. The van der Waals surface area contributed by atoms with E-state index in [9.17, 15) is 9.90 Å². The fourth-order valence-electron chi connectivity index (χ4n) is 1.59. The fourth-order valence-corrected chi connectivity index (χ4v) is 1.59. The van der Waals surface area contributed by atoms with Crippen LogP contribution in [0.1, 0.15) is 16.1 Å². The zero-order valence-corrected chi connectivity index (χ0v) is 9.34. The second kappa shape index (κ2) is 4.25. The van der Waals surface area contributed by atoms with Gasteiger partial charge in [-0.15, -0.1) is 0 Å². The number of aryl methyl sites for hydroxylation is 1. The third-order valence-electron chi connectivity index (χ3n) is 2.44. The smallest absolute Gasteiger partial charge is 0.250 e. The third kappa shape index (κ3) is 2.25. The molecule has 0 saturated carbocycles. The van der Waals surface area contributed by atoms with Gasteiger partial charge in [-0.3, -0.25) is 9.78 Å². The van der Waals surface area contributed by atoms with Crippen molar-refractivity contribution in [3.63, 3.8) is 0 Å². The number of hydrogen-bond donors (Lipinski definition) is 2. The van der Waals surface area contributed by atoms with Crippen LogP contribution in [0.3, 0.4) is 0 Å². The summed E-state index contributed by atoms with van der Waals surface area (Å²) in [5.74, 6) is -0.345. The van der Waals surface area contributed by atoms with E-state index in [0.717, 1.165) is 11.3 Å². The summed E-state index contributed by atoms with van der Waals surface area (Å²) in [4.78, 5) is 15.6. The maximum atomic E-state index is 11.3. The lowest BCUT2D eigenvalue weighted by molar-refractivity contribution is 0.100. The average Bonchev–Trinajstić information content (AvgIpc) is 2.29. The summed E-state index contributed by atoms with van der Waals surface area (Å²) in [6, 6.07) is 9.89. The van der Waals surface area contributed by atoms with Crippen molar-refractivity contribution in [1.82, 2.24) is 4.98 Å². The number of hydrogen-bond acceptors (Lipinski definition) is 3. The molecule has 1 amide bonds. The average molecular weight is 228 g/mol. The van der Waals surface area contributed by atoms with Crippen LogP contribution in [0, 0.1) is 6.92 Å². The number of nitrogens with two attached hydrogens (primary N) is 1. The number of primary amides is 1. The molecule has 2 aromatic rings. The van der Waals surface area contributed by atoms with Crippen molar-refractivity contribution in [2.75, 3.05) is 0 Å². The van der Waals surface area contributed by atoms with Gasteiger partial charge in [-0.2, -0.15) is 0 Å². The molecule has 86 valence electrons. The van der Waals surface area contributed by atoms with Crippen LogP contribution in [-0.2, 0) is 0 Å². The zero-order chi connectivity index (χ0) is 12.4. The Kier molecular flexibility index (Phi) is 2.78. The van der Waals surface area contributed by atoms with Crippen molar-refractivity contribution in [1.29, 1.82) is 0 Å². The summed E-state index contributed by atoms with van der Waals surface area (Å²) in [7, 11) is 0. The quantitative estimate of drug-likeness (QED) is 0.823. The number of benzene rings is 1. The summed E-state index contributed by atoms with van der Waals surface area (Å²) in [6.45, 7) is 1.84. The third-order valence-corrected chi connectivity index (χ3v) is 2.44. The van der Waals surface area contributed by atoms with E-state index < -0.39 is 5.91 Å². The van der Waals surface area contributed by atoms with Crippen LogP contribution in [0.15, 0.2) is 36.4 Å². The second-order valence-electron chi connectivity index (χ2n) is 3.76. The lowest BCUT2D eigenvalue weighted by Gasteiger charge is -2.07. The summed E-state index contributed by atoms with van der Waals surface area (Å²) in [6.07, 6.45) is 0. The molecular formula is C13H12N2O2. The molecule has 17 heavy (non-hydrogen) atoms. The monoisotopic (exact) mass is 228 g/mol.